The highest BCUT2D eigenvalue weighted by Crippen LogP contribution is 2.22. The topological polar surface area (TPSA) is 12.0 Å². The van der Waals surface area contributed by atoms with Crippen molar-refractivity contribution in [3.8, 4) is 0 Å². The minimum Gasteiger partial charge on any atom is -0.384 e. The van der Waals surface area contributed by atoms with Gasteiger partial charge in [-0.3, -0.25) is 0 Å². The maximum Gasteiger partial charge on any atom is 0.124 e. The lowest BCUT2D eigenvalue weighted by atomic mass is 10.2. The molecule has 78 valence electrons. The fourth-order valence-electron chi connectivity index (χ4n) is 1.23. The maximum absolute atomic E-state index is 12.7. The molecule has 0 bridgehead atoms. The lowest BCUT2D eigenvalue weighted by molar-refractivity contribution is 0.627. The molecule has 0 aliphatic rings. The Morgan fingerprint density at radius 2 is 2.14 bits per heavy atom. The van der Waals surface area contributed by atoms with E-state index in [1.54, 1.807) is 6.07 Å². The third-order valence-corrected chi connectivity index (χ3v) is 2.68. The molecular weight excluding hydrogens is 245 g/mol. The Morgan fingerprint density at radius 1 is 1.36 bits per heavy atom. The first-order valence-electron chi connectivity index (χ1n) is 4.93. The summed E-state index contributed by atoms with van der Waals surface area (Å²) in [7, 11) is 0. The van der Waals surface area contributed by atoms with Crippen LogP contribution in [0.1, 0.15) is 26.2 Å². The van der Waals surface area contributed by atoms with Crippen LogP contribution in [0.15, 0.2) is 22.7 Å². The van der Waals surface area contributed by atoms with Crippen LogP contribution < -0.4 is 5.32 Å². The molecular formula is C11H15BrFN. The molecule has 1 aromatic rings. The van der Waals surface area contributed by atoms with Crippen molar-refractivity contribution < 1.29 is 4.39 Å². The van der Waals surface area contributed by atoms with E-state index in [-0.39, 0.29) is 5.82 Å². The molecule has 0 unspecified atom stereocenters. The zero-order chi connectivity index (χ0) is 10.4. The number of unbranched alkanes of at least 4 members (excludes halogenated alkanes) is 2. The molecule has 0 atom stereocenters. The molecule has 0 amide bonds. The Morgan fingerprint density at radius 3 is 2.79 bits per heavy atom. The van der Waals surface area contributed by atoms with E-state index in [0.29, 0.717) is 0 Å². The van der Waals surface area contributed by atoms with Gasteiger partial charge >= 0.3 is 0 Å². The van der Waals surface area contributed by atoms with Crippen molar-refractivity contribution in [2.45, 2.75) is 26.2 Å². The van der Waals surface area contributed by atoms with E-state index in [4.69, 9.17) is 0 Å². The highest BCUT2D eigenvalue weighted by Gasteiger charge is 1.99. The summed E-state index contributed by atoms with van der Waals surface area (Å²) in [6, 6.07) is 4.69. The maximum atomic E-state index is 12.7. The number of benzene rings is 1. The van der Waals surface area contributed by atoms with Crippen molar-refractivity contribution in [2.24, 2.45) is 0 Å². The summed E-state index contributed by atoms with van der Waals surface area (Å²) >= 11 is 3.31. The molecule has 0 heterocycles. The second-order valence-corrected chi connectivity index (χ2v) is 4.11. The number of nitrogens with one attached hydrogen (secondary N) is 1. The molecule has 0 aromatic heterocycles. The molecule has 0 aliphatic carbocycles. The van der Waals surface area contributed by atoms with Crippen molar-refractivity contribution in [1.29, 1.82) is 0 Å². The number of rotatable bonds is 5. The Hall–Kier alpha value is -0.570. The zero-order valence-corrected chi connectivity index (χ0v) is 9.90. The second-order valence-electron chi connectivity index (χ2n) is 3.26. The summed E-state index contributed by atoms with van der Waals surface area (Å²) in [5.74, 6) is -0.212. The Balaban J connectivity index is 2.42. The standard InChI is InChI=1S/C11H15BrFN/c1-2-3-4-7-14-11-6-5-9(13)8-10(11)12/h5-6,8,14H,2-4,7H2,1H3. The lowest BCUT2D eigenvalue weighted by Gasteiger charge is -2.07. The monoisotopic (exact) mass is 259 g/mol. The molecule has 0 saturated heterocycles. The van der Waals surface area contributed by atoms with E-state index in [0.717, 1.165) is 23.1 Å². The molecule has 1 rings (SSSR count). The summed E-state index contributed by atoms with van der Waals surface area (Å²) in [6.07, 6.45) is 3.60. The average molecular weight is 260 g/mol. The van der Waals surface area contributed by atoms with Crippen LogP contribution in [0, 0.1) is 5.82 Å². The van der Waals surface area contributed by atoms with Gasteiger partial charge in [-0.2, -0.15) is 0 Å². The van der Waals surface area contributed by atoms with E-state index in [2.05, 4.69) is 28.2 Å². The van der Waals surface area contributed by atoms with Crippen molar-refractivity contribution >= 4 is 21.6 Å². The summed E-state index contributed by atoms with van der Waals surface area (Å²) in [5, 5.41) is 3.26. The van der Waals surface area contributed by atoms with Gasteiger partial charge in [-0.25, -0.2) is 4.39 Å². The summed E-state index contributed by atoms with van der Waals surface area (Å²) in [4.78, 5) is 0. The van der Waals surface area contributed by atoms with Gasteiger partial charge in [0.05, 0.1) is 0 Å². The SMILES string of the molecule is CCCCCNc1ccc(F)cc1Br. The average Bonchev–Trinajstić information content (AvgIpc) is 2.15. The molecule has 14 heavy (non-hydrogen) atoms. The van der Waals surface area contributed by atoms with Gasteiger partial charge in [0.2, 0.25) is 0 Å². The van der Waals surface area contributed by atoms with Crippen LogP contribution in [0.4, 0.5) is 10.1 Å². The summed E-state index contributed by atoms with van der Waals surface area (Å²) in [6.45, 7) is 3.12. The van der Waals surface area contributed by atoms with Gasteiger partial charge in [0.25, 0.3) is 0 Å². The summed E-state index contributed by atoms with van der Waals surface area (Å²) < 4.78 is 13.5. The molecule has 3 heteroatoms. The van der Waals surface area contributed by atoms with Gasteiger partial charge in [-0.05, 0) is 40.5 Å². The fraction of sp³-hybridized carbons (Fsp3) is 0.455. The first-order valence-corrected chi connectivity index (χ1v) is 5.72. The van der Waals surface area contributed by atoms with E-state index < -0.39 is 0 Å². The highest BCUT2D eigenvalue weighted by molar-refractivity contribution is 9.10. The molecule has 0 aliphatic heterocycles. The van der Waals surface area contributed by atoms with Crippen LogP contribution in [0.5, 0.6) is 0 Å². The predicted molar refractivity (Wildman–Crippen MR) is 62.1 cm³/mol. The van der Waals surface area contributed by atoms with E-state index in [1.807, 2.05) is 0 Å². The van der Waals surface area contributed by atoms with Crippen molar-refractivity contribution in [3.63, 3.8) is 0 Å². The smallest absolute Gasteiger partial charge is 0.124 e. The number of hydrogen-bond acceptors (Lipinski definition) is 1. The molecule has 1 nitrogen and oxygen atoms in total. The van der Waals surface area contributed by atoms with Crippen LogP contribution in [0.3, 0.4) is 0 Å². The highest BCUT2D eigenvalue weighted by atomic mass is 79.9. The zero-order valence-electron chi connectivity index (χ0n) is 8.32. The third-order valence-electron chi connectivity index (χ3n) is 2.03. The molecule has 0 spiro atoms. The van der Waals surface area contributed by atoms with Gasteiger partial charge < -0.3 is 5.32 Å². The van der Waals surface area contributed by atoms with Crippen molar-refractivity contribution in [3.05, 3.63) is 28.5 Å². The molecule has 1 aromatic carbocycles. The number of halogens is 2. The van der Waals surface area contributed by atoms with Gasteiger partial charge in [-0.1, -0.05) is 19.8 Å². The van der Waals surface area contributed by atoms with Crippen LogP contribution in [-0.2, 0) is 0 Å². The van der Waals surface area contributed by atoms with Crippen LogP contribution in [-0.4, -0.2) is 6.54 Å². The van der Waals surface area contributed by atoms with E-state index >= 15 is 0 Å². The summed E-state index contributed by atoms with van der Waals surface area (Å²) in [5.41, 5.74) is 0.961. The minimum atomic E-state index is -0.212. The number of hydrogen-bond donors (Lipinski definition) is 1. The molecule has 0 fully saturated rings. The largest absolute Gasteiger partial charge is 0.384 e. The van der Waals surface area contributed by atoms with Gasteiger partial charge in [-0.15, -0.1) is 0 Å². The van der Waals surface area contributed by atoms with E-state index in [1.165, 1.54) is 25.0 Å². The van der Waals surface area contributed by atoms with Crippen LogP contribution in [0.25, 0.3) is 0 Å². The quantitative estimate of drug-likeness (QED) is 0.783. The number of anilines is 1. The fourth-order valence-corrected chi connectivity index (χ4v) is 1.72. The first-order chi connectivity index (χ1) is 6.74. The van der Waals surface area contributed by atoms with Crippen LogP contribution in [0.2, 0.25) is 0 Å². The van der Waals surface area contributed by atoms with Gasteiger partial charge in [0.15, 0.2) is 0 Å². The lowest BCUT2D eigenvalue weighted by Crippen LogP contribution is -2.01. The third kappa shape index (κ3) is 3.66. The van der Waals surface area contributed by atoms with E-state index in [9.17, 15) is 4.39 Å². The predicted octanol–water partition coefficient (Wildman–Crippen LogP) is 4.19. The Labute approximate surface area is 92.8 Å². The molecule has 0 saturated carbocycles. The second kappa shape index (κ2) is 6.02. The first kappa shape index (κ1) is 11.5. The normalized spacial score (nSPS) is 10.2. The van der Waals surface area contributed by atoms with Crippen molar-refractivity contribution in [1.82, 2.24) is 0 Å². The van der Waals surface area contributed by atoms with Crippen LogP contribution >= 0.6 is 15.9 Å². The minimum absolute atomic E-state index is 0.212. The Kier molecular flexibility index (Phi) is 4.94. The van der Waals surface area contributed by atoms with Crippen molar-refractivity contribution in [2.75, 3.05) is 11.9 Å². The van der Waals surface area contributed by atoms with Gasteiger partial charge in [0.1, 0.15) is 5.82 Å². The molecule has 0 radical (unpaired) electrons. The Bertz CT molecular complexity index is 289. The van der Waals surface area contributed by atoms with Gasteiger partial charge in [0, 0.05) is 16.7 Å². The molecule has 1 N–H and O–H groups in total.